The number of H-pyrrole nitrogens is 1. The Balaban J connectivity index is 1.70. The van der Waals surface area contributed by atoms with E-state index < -0.39 is 0 Å². The van der Waals surface area contributed by atoms with Gasteiger partial charge in [0.15, 0.2) is 0 Å². The van der Waals surface area contributed by atoms with Crippen LogP contribution in [-0.2, 0) is 0 Å². The minimum absolute atomic E-state index is 0.327. The van der Waals surface area contributed by atoms with Gasteiger partial charge in [-0.05, 0) is 18.4 Å². The first-order valence-electron chi connectivity index (χ1n) is 6.57. The minimum Gasteiger partial charge on any atom is -0.354 e. The predicted octanol–water partition coefficient (Wildman–Crippen LogP) is 1.15. The number of anilines is 1. The van der Waals surface area contributed by atoms with E-state index in [2.05, 4.69) is 38.2 Å². The van der Waals surface area contributed by atoms with Crippen LogP contribution in [0, 0.1) is 5.92 Å². The third-order valence-electron chi connectivity index (χ3n) is 4.64. The maximum atomic E-state index is 4.48. The Hall–Kier alpha value is -1.62. The molecule has 2 aliphatic heterocycles. The molecule has 0 bridgehead atoms. The van der Waals surface area contributed by atoms with Gasteiger partial charge in [-0.3, -0.25) is 0 Å². The van der Waals surface area contributed by atoms with Gasteiger partial charge >= 0.3 is 0 Å². The van der Waals surface area contributed by atoms with Crippen LogP contribution < -0.4 is 10.2 Å². The highest BCUT2D eigenvalue weighted by atomic mass is 15.3. The van der Waals surface area contributed by atoms with E-state index in [0.29, 0.717) is 5.54 Å². The van der Waals surface area contributed by atoms with Crippen LogP contribution in [-0.4, -0.2) is 40.1 Å². The molecule has 0 saturated carbocycles. The lowest BCUT2D eigenvalue weighted by molar-refractivity contribution is 0.138. The van der Waals surface area contributed by atoms with Crippen LogP contribution in [0.5, 0.6) is 0 Å². The molecule has 94 valence electrons. The SMILES string of the molecule is C[C@H]1CN[C@@]12CCN(c1ncnc3[nH]ccc13)C2. The van der Waals surface area contributed by atoms with Gasteiger partial charge < -0.3 is 15.2 Å². The zero-order valence-electron chi connectivity index (χ0n) is 10.5. The first-order valence-corrected chi connectivity index (χ1v) is 6.57. The molecule has 0 aromatic carbocycles. The Kier molecular flexibility index (Phi) is 1.97. The highest BCUT2D eigenvalue weighted by Gasteiger charge is 2.48. The Morgan fingerprint density at radius 3 is 3.11 bits per heavy atom. The predicted molar refractivity (Wildman–Crippen MR) is 70.6 cm³/mol. The zero-order valence-corrected chi connectivity index (χ0v) is 10.5. The lowest BCUT2D eigenvalue weighted by atomic mass is 9.77. The van der Waals surface area contributed by atoms with Gasteiger partial charge in [0, 0.05) is 31.4 Å². The van der Waals surface area contributed by atoms with E-state index >= 15 is 0 Å². The van der Waals surface area contributed by atoms with Crippen molar-refractivity contribution in [2.45, 2.75) is 18.9 Å². The van der Waals surface area contributed by atoms with Crippen LogP contribution in [0.4, 0.5) is 5.82 Å². The molecular formula is C13H17N5. The van der Waals surface area contributed by atoms with Crippen LogP contribution in [0.1, 0.15) is 13.3 Å². The molecule has 2 atom stereocenters. The van der Waals surface area contributed by atoms with E-state index in [1.807, 2.05) is 6.20 Å². The molecule has 0 aliphatic carbocycles. The van der Waals surface area contributed by atoms with Gasteiger partial charge in [-0.2, -0.15) is 0 Å². The maximum Gasteiger partial charge on any atom is 0.142 e. The first kappa shape index (κ1) is 10.3. The van der Waals surface area contributed by atoms with Crippen LogP contribution in [0.25, 0.3) is 11.0 Å². The van der Waals surface area contributed by atoms with Crippen molar-refractivity contribution in [1.29, 1.82) is 0 Å². The van der Waals surface area contributed by atoms with E-state index in [4.69, 9.17) is 0 Å². The van der Waals surface area contributed by atoms with Gasteiger partial charge in [0.1, 0.15) is 17.8 Å². The molecule has 0 radical (unpaired) electrons. The highest BCUT2D eigenvalue weighted by molar-refractivity contribution is 5.87. The van der Waals surface area contributed by atoms with Crippen LogP contribution in [0.2, 0.25) is 0 Å². The molecule has 5 nitrogen and oxygen atoms in total. The van der Waals surface area contributed by atoms with Gasteiger partial charge in [0.2, 0.25) is 0 Å². The molecule has 2 saturated heterocycles. The number of aromatic nitrogens is 3. The number of rotatable bonds is 1. The van der Waals surface area contributed by atoms with Crippen molar-refractivity contribution >= 4 is 16.9 Å². The molecule has 2 aliphatic rings. The summed E-state index contributed by atoms with van der Waals surface area (Å²) in [6.07, 6.45) is 4.79. The molecule has 4 heterocycles. The van der Waals surface area contributed by atoms with E-state index in [1.54, 1.807) is 6.33 Å². The van der Waals surface area contributed by atoms with E-state index in [9.17, 15) is 0 Å². The summed E-state index contributed by atoms with van der Waals surface area (Å²) in [5, 5.41) is 4.75. The summed E-state index contributed by atoms with van der Waals surface area (Å²) in [5.41, 5.74) is 1.25. The lowest BCUT2D eigenvalue weighted by Gasteiger charge is -2.46. The van der Waals surface area contributed by atoms with E-state index in [1.165, 1.54) is 6.42 Å². The summed E-state index contributed by atoms with van der Waals surface area (Å²) in [7, 11) is 0. The number of hydrogen-bond donors (Lipinski definition) is 2. The average Bonchev–Trinajstić information content (AvgIpc) is 3.04. The van der Waals surface area contributed by atoms with Crippen molar-refractivity contribution in [3.8, 4) is 0 Å². The largest absolute Gasteiger partial charge is 0.354 e. The molecule has 2 aromatic heterocycles. The topological polar surface area (TPSA) is 56.8 Å². The fourth-order valence-electron chi connectivity index (χ4n) is 3.27. The Labute approximate surface area is 106 Å². The van der Waals surface area contributed by atoms with E-state index in [0.717, 1.165) is 42.4 Å². The molecule has 2 N–H and O–H groups in total. The van der Waals surface area contributed by atoms with Crippen LogP contribution in [0.15, 0.2) is 18.6 Å². The molecule has 0 unspecified atom stereocenters. The molecule has 4 rings (SSSR count). The van der Waals surface area contributed by atoms with Crippen molar-refractivity contribution in [1.82, 2.24) is 20.3 Å². The number of nitrogens with one attached hydrogen (secondary N) is 2. The lowest BCUT2D eigenvalue weighted by Crippen LogP contribution is -2.65. The van der Waals surface area contributed by atoms with Crippen LogP contribution in [0.3, 0.4) is 0 Å². The van der Waals surface area contributed by atoms with Gasteiger partial charge in [0.05, 0.1) is 5.39 Å². The Bertz CT molecular complexity index is 592. The number of hydrogen-bond acceptors (Lipinski definition) is 4. The maximum absolute atomic E-state index is 4.48. The number of fused-ring (bicyclic) bond motifs is 1. The van der Waals surface area contributed by atoms with Crippen molar-refractivity contribution in [3.05, 3.63) is 18.6 Å². The Morgan fingerprint density at radius 2 is 2.39 bits per heavy atom. The first-order chi connectivity index (χ1) is 8.78. The fourth-order valence-corrected chi connectivity index (χ4v) is 3.27. The number of aromatic amines is 1. The summed E-state index contributed by atoms with van der Waals surface area (Å²) >= 11 is 0. The molecule has 18 heavy (non-hydrogen) atoms. The third-order valence-corrected chi connectivity index (χ3v) is 4.64. The molecule has 0 amide bonds. The second-order valence-electron chi connectivity index (χ2n) is 5.55. The second kappa shape index (κ2) is 3.45. The summed E-state index contributed by atoms with van der Waals surface area (Å²) in [5.74, 6) is 1.84. The third kappa shape index (κ3) is 1.25. The summed E-state index contributed by atoms with van der Waals surface area (Å²) in [6.45, 7) is 5.63. The quantitative estimate of drug-likeness (QED) is 0.789. The van der Waals surface area contributed by atoms with Crippen molar-refractivity contribution in [2.24, 2.45) is 5.92 Å². The smallest absolute Gasteiger partial charge is 0.142 e. The molecule has 2 fully saturated rings. The average molecular weight is 243 g/mol. The van der Waals surface area contributed by atoms with Gasteiger partial charge in [0.25, 0.3) is 0 Å². The molecule has 1 spiro atoms. The monoisotopic (exact) mass is 243 g/mol. The summed E-state index contributed by atoms with van der Waals surface area (Å²) in [4.78, 5) is 14.3. The number of nitrogens with zero attached hydrogens (tertiary/aromatic N) is 3. The van der Waals surface area contributed by atoms with Crippen molar-refractivity contribution in [3.63, 3.8) is 0 Å². The van der Waals surface area contributed by atoms with Gasteiger partial charge in [-0.1, -0.05) is 6.92 Å². The molecule has 2 aromatic rings. The second-order valence-corrected chi connectivity index (χ2v) is 5.55. The van der Waals surface area contributed by atoms with E-state index in [-0.39, 0.29) is 0 Å². The summed E-state index contributed by atoms with van der Waals surface area (Å²) < 4.78 is 0. The Morgan fingerprint density at radius 1 is 1.44 bits per heavy atom. The molecular weight excluding hydrogens is 226 g/mol. The highest BCUT2D eigenvalue weighted by Crippen LogP contribution is 2.37. The van der Waals surface area contributed by atoms with Crippen molar-refractivity contribution < 1.29 is 0 Å². The van der Waals surface area contributed by atoms with Crippen molar-refractivity contribution in [2.75, 3.05) is 24.5 Å². The summed E-state index contributed by atoms with van der Waals surface area (Å²) in [6, 6.07) is 2.06. The normalized spacial score (nSPS) is 31.2. The van der Waals surface area contributed by atoms with Gasteiger partial charge in [-0.25, -0.2) is 9.97 Å². The zero-order chi connectivity index (χ0) is 12.2. The minimum atomic E-state index is 0.327. The van der Waals surface area contributed by atoms with Gasteiger partial charge in [-0.15, -0.1) is 0 Å². The van der Waals surface area contributed by atoms with Crippen LogP contribution >= 0.6 is 0 Å². The standard InChI is InChI=1S/C13H17N5/c1-9-6-17-13(9)3-5-18(7-13)12-10-2-4-14-11(10)15-8-16-12/h2,4,8-9,17H,3,5-7H2,1H3,(H,14,15,16)/t9-,13+/m0/s1. The molecule has 5 heteroatoms. The fraction of sp³-hybridized carbons (Fsp3) is 0.538.